The number of ether oxygens (including phenoxy) is 4. The third-order valence-corrected chi connectivity index (χ3v) is 12.6. The number of hydrogen-bond acceptors (Lipinski definition) is 14. The van der Waals surface area contributed by atoms with E-state index in [0.29, 0.717) is 24.0 Å². The molecule has 4 aliphatic rings. The average molecular weight is 921 g/mol. The second-order valence-electron chi connectivity index (χ2n) is 19.0. The smallest absolute Gasteiger partial charge is 0.187 e. The summed E-state index contributed by atoms with van der Waals surface area (Å²) in [5, 5.41) is 80.4. The van der Waals surface area contributed by atoms with E-state index in [4.69, 9.17) is 18.9 Å². The molecule has 8 N–H and O–H groups in total. The normalized spacial score (nSPS) is 34.5. The number of carbonyl (C=O) groups is 2. The zero-order chi connectivity index (χ0) is 49.3. The van der Waals surface area contributed by atoms with Crippen LogP contribution in [0.5, 0.6) is 0 Å². The summed E-state index contributed by atoms with van der Waals surface area (Å²) in [5.74, 6) is -0.534. The third kappa shape index (κ3) is 13.8. The first kappa shape index (κ1) is 54.6. The molecule has 14 nitrogen and oxygen atoms in total. The number of allylic oxidation sites excluding steroid dienone is 20. The summed E-state index contributed by atoms with van der Waals surface area (Å²) in [6.45, 7) is 18.2. The predicted molar refractivity (Wildman–Crippen MR) is 250 cm³/mol. The van der Waals surface area contributed by atoms with Gasteiger partial charge in [0.15, 0.2) is 24.1 Å². The van der Waals surface area contributed by atoms with Crippen molar-refractivity contribution in [3.8, 4) is 0 Å². The second-order valence-corrected chi connectivity index (χ2v) is 19.0. The van der Waals surface area contributed by atoms with Gasteiger partial charge in [-0.25, -0.2) is 0 Å². The Bertz CT molecular complexity index is 1940. The monoisotopic (exact) mass is 920 g/mol. The molecule has 0 spiro atoms. The topological polar surface area (TPSA) is 233 Å². The van der Waals surface area contributed by atoms with Gasteiger partial charge in [0, 0.05) is 0 Å². The van der Waals surface area contributed by atoms with Gasteiger partial charge in [-0.2, -0.15) is 0 Å². The van der Waals surface area contributed by atoms with E-state index in [1.807, 2.05) is 140 Å². The molecule has 0 amide bonds. The maximum absolute atomic E-state index is 13.4. The SMILES string of the molecule is CC(C=CC1=C(C)C(=O)C(OC2OC(CO)C(O)C(O)C2O)CC1(C)C)=CC=CC(C)=C/C=C/C=C(C)/C=C/C=C(C)/C=C/C1=C(C)C(=O)C(OC2OC(CO)C(O)C(O)C2O)CC1(C)C. The Hall–Kier alpha value is -4.00. The van der Waals surface area contributed by atoms with Crippen molar-refractivity contribution in [1.29, 1.82) is 0 Å². The van der Waals surface area contributed by atoms with E-state index in [1.165, 1.54) is 0 Å². The Kier molecular flexibility index (Phi) is 19.7. The Morgan fingerprint density at radius 2 is 0.848 bits per heavy atom. The van der Waals surface area contributed by atoms with Crippen LogP contribution in [0, 0.1) is 10.8 Å². The highest BCUT2D eigenvalue weighted by molar-refractivity contribution is 6.01. The molecular weight excluding hydrogens is 849 g/mol. The van der Waals surface area contributed by atoms with E-state index >= 15 is 0 Å². The molecule has 4 rings (SSSR count). The van der Waals surface area contributed by atoms with Crippen LogP contribution in [0.15, 0.2) is 130 Å². The fourth-order valence-electron chi connectivity index (χ4n) is 8.47. The van der Waals surface area contributed by atoms with Crippen molar-refractivity contribution in [2.45, 2.75) is 156 Å². The fourth-order valence-corrected chi connectivity index (χ4v) is 8.47. The van der Waals surface area contributed by atoms with Gasteiger partial charge in [0.05, 0.1) is 13.2 Å². The number of aliphatic hydroxyl groups excluding tert-OH is 8. The van der Waals surface area contributed by atoms with Gasteiger partial charge in [0.1, 0.15) is 61.0 Å². The van der Waals surface area contributed by atoms with Gasteiger partial charge < -0.3 is 59.8 Å². The van der Waals surface area contributed by atoms with Crippen LogP contribution in [0.1, 0.15) is 82.1 Å². The molecule has 2 aliphatic carbocycles. The van der Waals surface area contributed by atoms with Gasteiger partial charge >= 0.3 is 0 Å². The summed E-state index contributed by atoms with van der Waals surface area (Å²) >= 11 is 0. The molecule has 0 aromatic heterocycles. The summed E-state index contributed by atoms with van der Waals surface area (Å²) in [7, 11) is 0. The molecule has 0 aromatic carbocycles. The first-order chi connectivity index (χ1) is 30.9. The number of hydrogen-bond donors (Lipinski definition) is 8. The number of ketones is 2. The molecule has 2 aliphatic heterocycles. The molecular formula is C52H72O14. The summed E-state index contributed by atoms with van der Waals surface area (Å²) < 4.78 is 22.7. The fraction of sp³-hybridized carbons (Fsp3) is 0.538. The van der Waals surface area contributed by atoms with E-state index in [-0.39, 0.29) is 11.6 Å². The van der Waals surface area contributed by atoms with E-state index in [1.54, 1.807) is 13.8 Å². The first-order valence-electron chi connectivity index (χ1n) is 22.4. The summed E-state index contributed by atoms with van der Waals surface area (Å²) in [4.78, 5) is 26.8. The summed E-state index contributed by atoms with van der Waals surface area (Å²) in [6.07, 6.45) is 11.8. The van der Waals surface area contributed by atoms with Crippen molar-refractivity contribution in [2.75, 3.05) is 13.2 Å². The van der Waals surface area contributed by atoms with E-state index in [0.717, 1.165) is 33.4 Å². The second kappa shape index (κ2) is 23.8. The molecule has 0 aromatic rings. The quantitative estimate of drug-likeness (QED) is 0.0994. The molecule has 66 heavy (non-hydrogen) atoms. The lowest BCUT2D eigenvalue weighted by Gasteiger charge is -2.43. The van der Waals surface area contributed by atoms with E-state index < -0.39 is 97.7 Å². The minimum absolute atomic E-state index is 0.267. The average Bonchev–Trinajstić information content (AvgIpc) is 3.25. The van der Waals surface area contributed by atoms with Crippen molar-refractivity contribution in [1.82, 2.24) is 0 Å². The molecule has 364 valence electrons. The third-order valence-electron chi connectivity index (χ3n) is 12.6. The number of aliphatic hydroxyl groups is 8. The van der Waals surface area contributed by atoms with Crippen LogP contribution in [0.2, 0.25) is 0 Å². The van der Waals surface area contributed by atoms with Gasteiger partial charge in [-0.1, -0.05) is 135 Å². The molecule has 2 heterocycles. The van der Waals surface area contributed by atoms with Crippen molar-refractivity contribution >= 4 is 11.6 Å². The zero-order valence-electron chi connectivity index (χ0n) is 39.9. The molecule has 0 radical (unpaired) electrons. The van der Waals surface area contributed by atoms with Crippen LogP contribution in [0.3, 0.4) is 0 Å². The molecule has 14 heteroatoms. The van der Waals surface area contributed by atoms with Gasteiger partial charge in [0.2, 0.25) is 0 Å². The highest BCUT2D eigenvalue weighted by Crippen LogP contribution is 2.43. The Morgan fingerprint density at radius 1 is 0.530 bits per heavy atom. The first-order valence-corrected chi connectivity index (χ1v) is 22.4. The zero-order valence-corrected chi connectivity index (χ0v) is 39.9. The van der Waals surface area contributed by atoms with Crippen molar-refractivity contribution in [2.24, 2.45) is 10.8 Å². The minimum Gasteiger partial charge on any atom is -0.394 e. The minimum atomic E-state index is -1.60. The van der Waals surface area contributed by atoms with Crippen LogP contribution in [0.4, 0.5) is 0 Å². The van der Waals surface area contributed by atoms with Crippen molar-refractivity contribution in [3.63, 3.8) is 0 Å². The predicted octanol–water partition coefficient (Wildman–Crippen LogP) is 4.55. The number of rotatable bonds is 16. The lowest BCUT2D eigenvalue weighted by atomic mass is 9.71. The largest absolute Gasteiger partial charge is 0.394 e. The summed E-state index contributed by atoms with van der Waals surface area (Å²) in [5.41, 5.74) is 5.81. The van der Waals surface area contributed by atoms with Crippen molar-refractivity contribution in [3.05, 3.63) is 130 Å². The van der Waals surface area contributed by atoms with Gasteiger partial charge in [-0.3, -0.25) is 9.59 Å². The van der Waals surface area contributed by atoms with Crippen LogP contribution in [-0.2, 0) is 28.5 Å². The molecule has 2 fully saturated rings. The molecule has 2 saturated heterocycles. The van der Waals surface area contributed by atoms with Crippen LogP contribution in [-0.4, -0.2) is 139 Å². The van der Waals surface area contributed by atoms with Gasteiger partial charge in [-0.05, 0) is 87.5 Å². The van der Waals surface area contributed by atoms with Gasteiger partial charge in [-0.15, -0.1) is 0 Å². The number of carbonyl (C=O) groups excluding carboxylic acids is 2. The van der Waals surface area contributed by atoms with Crippen LogP contribution in [0.25, 0.3) is 0 Å². The van der Waals surface area contributed by atoms with E-state index in [2.05, 4.69) is 0 Å². The molecule has 12 atom stereocenters. The Balaban J connectivity index is 1.29. The maximum atomic E-state index is 13.4. The molecule has 0 saturated carbocycles. The van der Waals surface area contributed by atoms with Crippen LogP contribution >= 0.6 is 0 Å². The van der Waals surface area contributed by atoms with Crippen molar-refractivity contribution < 1.29 is 69.4 Å². The Labute approximate surface area is 389 Å². The van der Waals surface area contributed by atoms with Crippen LogP contribution < -0.4 is 0 Å². The molecule has 0 bridgehead atoms. The highest BCUT2D eigenvalue weighted by Gasteiger charge is 2.49. The summed E-state index contributed by atoms with van der Waals surface area (Å²) in [6, 6.07) is 0. The highest BCUT2D eigenvalue weighted by atomic mass is 16.7. The lowest BCUT2D eigenvalue weighted by molar-refractivity contribution is -0.309. The number of Topliss-reactive ketones (excluding diaryl/α,β-unsaturated/α-hetero) is 2. The molecule has 12 unspecified atom stereocenters. The van der Waals surface area contributed by atoms with E-state index in [9.17, 15) is 50.4 Å². The van der Waals surface area contributed by atoms with Gasteiger partial charge in [0.25, 0.3) is 0 Å². The Morgan fingerprint density at radius 3 is 1.18 bits per heavy atom. The maximum Gasteiger partial charge on any atom is 0.187 e. The standard InChI is InChI=1S/C52H72O14/c1-29(17-13-19-31(3)21-23-35-33(5)41(55)37(25-51(35,7)8)63-49-47(61)45(59)43(57)39(27-53)65-49)15-11-12-16-30(2)18-14-20-32(4)22-24-36-34(6)42(56)38(26-52(36,9)10)64-50-48(62)46(60)44(58)40(28-54)66-50/h11-24,37-40,43-50,53-54,57-62H,25-28H2,1-10H3/b12-11+,17-13+,18-14?,23-21+,24-22?,29-15+,30-16?,31-19+,32-20?. The lowest BCUT2D eigenvalue weighted by Crippen LogP contribution is -2.60.